The average molecular weight is 358 g/mol. The Kier molecular flexibility index (Phi) is 5.85. The van der Waals surface area contributed by atoms with Gasteiger partial charge in [-0.05, 0) is 24.3 Å². The number of phenols is 3. The summed E-state index contributed by atoms with van der Waals surface area (Å²) in [6.45, 7) is 5.04. The van der Waals surface area contributed by atoms with Crippen LogP contribution in [0.1, 0.15) is 29.3 Å². The molecule has 0 saturated carbocycles. The summed E-state index contributed by atoms with van der Waals surface area (Å²) in [5, 5.41) is 29.2. The molecule has 136 valence electrons. The number of rotatable bonds is 7. The molecule has 0 radical (unpaired) electrons. The molecular weight excluding hydrogens is 340 g/mol. The van der Waals surface area contributed by atoms with Crippen molar-refractivity contribution in [3.63, 3.8) is 0 Å². The van der Waals surface area contributed by atoms with Gasteiger partial charge >= 0.3 is 5.97 Å². The van der Waals surface area contributed by atoms with E-state index < -0.39 is 23.8 Å². The van der Waals surface area contributed by atoms with E-state index in [9.17, 15) is 24.9 Å². The Bertz CT molecular complexity index is 842. The summed E-state index contributed by atoms with van der Waals surface area (Å²) in [7, 11) is 0. The average Bonchev–Trinajstić information content (AvgIpc) is 2.60. The van der Waals surface area contributed by atoms with Gasteiger partial charge < -0.3 is 24.8 Å². The molecule has 2 aromatic carbocycles. The Labute approximate surface area is 149 Å². The Morgan fingerprint density at radius 2 is 1.69 bits per heavy atom. The van der Waals surface area contributed by atoms with E-state index in [1.54, 1.807) is 6.92 Å². The number of ketones is 1. The smallest absolute Gasteiger partial charge is 0.333 e. The van der Waals surface area contributed by atoms with E-state index in [1.807, 2.05) is 0 Å². The van der Waals surface area contributed by atoms with Crippen molar-refractivity contribution in [1.29, 1.82) is 0 Å². The van der Waals surface area contributed by atoms with Crippen molar-refractivity contribution >= 4 is 11.8 Å². The summed E-state index contributed by atoms with van der Waals surface area (Å²) in [6.07, 6.45) is 0.500. The Hall–Kier alpha value is -3.48. The van der Waals surface area contributed by atoms with E-state index in [-0.39, 0.29) is 28.4 Å². The van der Waals surface area contributed by atoms with Gasteiger partial charge in [-0.2, -0.15) is 0 Å². The third-order valence-electron chi connectivity index (χ3n) is 3.45. The highest BCUT2D eigenvalue weighted by Crippen LogP contribution is 2.30. The monoisotopic (exact) mass is 358 g/mol. The zero-order chi connectivity index (χ0) is 19.3. The summed E-state index contributed by atoms with van der Waals surface area (Å²) >= 11 is 0. The minimum atomic E-state index is -0.873. The van der Waals surface area contributed by atoms with E-state index in [2.05, 4.69) is 6.58 Å². The number of aromatic hydroxyl groups is 3. The first-order chi connectivity index (χ1) is 12.3. The molecule has 0 aliphatic rings. The lowest BCUT2D eigenvalue weighted by molar-refractivity contribution is -0.157. The number of ether oxygens (including phenoxy) is 2. The van der Waals surface area contributed by atoms with Gasteiger partial charge in [0.2, 0.25) is 6.29 Å². The fraction of sp³-hybridized carbons (Fsp3) is 0.158. The Balaban J connectivity index is 2.22. The highest BCUT2D eigenvalue weighted by atomic mass is 16.7. The molecule has 0 amide bonds. The molecule has 2 rings (SSSR count). The second-order valence-corrected chi connectivity index (χ2v) is 5.31. The van der Waals surface area contributed by atoms with Gasteiger partial charge in [-0.25, -0.2) is 4.79 Å². The maximum atomic E-state index is 12.5. The number of esters is 1. The molecule has 7 nitrogen and oxygen atoms in total. The number of phenolic OH excluding ortho intramolecular Hbond substituents is 3. The van der Waals surface area contributed by atoms with E-state index in [1.165, 1.54) is 30.3 Å². The molecule has 2 aromatic rings. The van der Waals surface area contributed by atoms with Gasteiger partial charge in [-0.15, -0.1) is 0 Å². The van der Waals surface area contributed by atoms with Crippen molar-refractivity contribution in [1.82, 2.24) is 0 Å². The van der Waals surface area contributed by atoms with Crippen LogP contribution in [0.4, 0.5) is 0 Å². The molecule has 1 unspecified atom stereocenters. The van der Waals surface area contributed by atoms with Crippen LogP contribution in [0.3, 0.4) is 0 Å². The summed E-state index contributed by atoms with van der Waals surface area (Å²) in [5.74, 6) is -2.04. The summed E-state index contributed by atoms with van der Waals surface area (Å²) in [6, 6.07) is 7.48. The van der Waals surface area contributed by atoms with Crippen molar-refractivity contribution in [3.8, 4) is 23.0 Å². The predicted molar refractivity (Wildman–Crippen MR) is 92.3 cm³/mol. The lowest BCUT2D eigenvalue weighted by atomic mass is 10.0. The van der Waals surface area contributed by atoms with Gasteiger partial charge in [0.25, 0.3) is 0 Å². The van der Waals surface area contributed by atoms with Crippen LogP contribution < -0.4 is 4.74 Å². The maximum absolute atomic E-state index is 12.5. The van der Waals surface area contributed by atoms with Gasteiger partial charge in [0.05, 0.1) is 11.1 Å². The number of carbonyl (C=O) groups excluding carboxylic acids is 2. The predicted octanol–water partition coefficient (Wildman–Crippen LogP) is 2.88. The first-order valence-corrected chi connectivity index (χ1v) is 7.75. The van der Waals surface area contributed by atoms with Crippen molar-refractivity contribution in [2.75, 3.05) is 0 Å². The first-order valence-electron chi connectivity index (χ1n) is 7.75. The highest BCUT2D eigenvalue weighted by molar-refractivity contribution is 6.12. The van der Waals surface area contributed by atoms with Crippen LogP contribution in [0.15, 0.2) is 49.1 Å². The Morgan fingerprint density at radius 1 is 1.08 bits per heavy atom. The fourth-order valence-electron chi connectivity index (χ4n) is 2.15. The molecule has 0 saturated heterocycles. The minimum Gasteiger partial charge on any atom is -0.508 e. The molecule has 0 aliphatic carbocycles. The summed E-state index contributed by atoms with van der Waals surface area (Å²) in [5.41, 5.74) is -0.132. The zero-order valence-electron chi connectivity index (χ0n) is 14.0. The summed E-state index contributed by atoms with van der Waals surface area (Å²) < 4.78 is 10.4. The van der Waals surface area contributed by atoms with Crippen molar-refractivity contribution in [3.05, 3.63) is 60.2 Å². The van der Waals surface area contributed by atoms with Crippen LogP contribution in [0.25, 0.3) is 0 Å². The van der Waals surface area contributed by atoms with Crippen molar-refractivity contribution in [2.45, 2.75) is 19.6 Å². The lowest BCUT2D eigenvalue weighted by Gasteiger charge is -2.17. The molecule has 26 heavy (non-hydrogen) atoms. The molecule has 1 atom stereocenters. The van der Waals surface area contributed by atoms with Crippen LogP contribution >= 0.6 is 0 Å². The van der Waals surface area contributed by atoms with Crippen LogP contribution in [-0.2, 0) is 9.53 Å². The van der Waals surface area contributed by atoms with Crippen LogP contribution in [-0.4, -0.2) is 33.4 Å². The normalized spacial score (nSPS) is 11.4. The van der Waals surface area contributed by atoms with Crippen molar-refractivity contribution in [2.24, 2.45) is 0 Å². The second kappa shape index (κ2) is 8.06. The van der Waals surface area contributed by atoms with Crippen LogP contribution in [0, 0.1) is 0 Å². The lowest BCUT2D eigenvalue weighted by Crippen LogP contribution is -2.22. The van der Waals surface area contributed by atoms with E-state index in [0.29, 0.717) is 6.42 Å². The molecule has 0 spiro atoms. The third kappa shape index (κ3) is 4.32. The van der Waals surface area contributed by atoms with E-state index in [4.69, 9.17) is 9.47 Å². The van der Waals surface area contributed by atoms with Crippen molar-refractivity contribution < 1.29 is 34.4 Å². The molecular formula is C19H18O7. The molecule has 7 heteroatoms. The topological polar surface area (TPSA) is 113 Å². The number of carbonyl (C=O) groups is 2. The molecule has 0 heterocycles. The third-order valence-corrected chi connectivity index (χ3v) is 3.45. The van der Waals surface area contributed by atoms with Gasteiger partial charge in [0.1, 0.15) is 23.0 Å². The number of hydrogen-bond acceptors (Lipinski definition) is 7. The molecule has 0 fully saturated rings. The molecule has 0 aliphatic heterocycles. The first kappa shape index (κ1) is 18.9. The standard InChI is InChI=1S/C19H18O7/c1-3-17(23)26-18(4-2)25-12-6-8-14(16(22)10-12)19(24)13-7-5-11(20)9-15(13)21/h3,5-10,18,20-22H,1,4H2,2H3. The van der Waals surface area contributed by atoms with Gasteiger partial charge in [0.15, 0.2) is 5.78 Å². The van der Waals surface area contributed by atoms with Gasteiger partial charge in [-0.1, -0.05) is 13.5 Å². The quantitative estimate of drug-likeness (QED) is 0.302. The SMILES string of the molecule is C=CC(=O)OC(CC)Oc1ccc(C(=O)c2ccc(O)cc2O)c(O)c1. The van der Waals surface area contributed by atoms with E-state index >= 15 is 0 Å². The highest BCUT2D eigenvalue weighted by Gasteiger charge is 2.19. The second-order valence-electron chi connectivity index (χ2n) is 5.31. The van der Waals surface area contributed by atoms with E-state index in [0.717, 1.165) is 12.1 Å². The Morgan fingerprint density at radius 3 is 2.23 bits per heavy atom. The fourth-order valence-corrected chi connectivity index (χ4v) is 2.15. The molecule has 3 N–H and O–H groups in total. The van der Waals surface area contributed by atoms with Gasteiger partial charge in [0, 0.05) is 24.6 Å². The van der Waals surface area contributed by atoms with Crippen LogP contribution in [0.5, 0.6) is 23.0 Å². The molecule has 0 aromatic heterocycles. The van der Waals surface area contributed by atoms with Gasteiger partial charge in [-0.3, -0.25) is 4.79 Å². The molecule has 0 bridgehead atoms. The number of hydrogen-bond donors (Lipinski definition) is 3. The number of benzene rings is 2. The zero-order valence-corrected chi connectivity index (χ0v) is 14.0. The largest absolute Gasteiger partial charge is 0.508 e. The minimum absolute atomic E-state index is 0.0607. The summed E-state index contributed by atoms with van der Waals surface area (Å²) in [4.78, 5) is 23.7. The maximum Gasteiger partial charge on any atom is 0.333 e. The van der Waals surface area contributed by atoms with Crippen LogP contribution in [0.2, 0.25) is 0 Å².